The summed E-state index contributed by atoms with van der Waals surface area (Å²) in [7, 11) is 0. The molecule has 3 amide bonds. The molecule has 7 nitrogen and oxygen atoms in total. The Hall–Kier alpha value is -3.06. The molecule has 0 saturated carbocycles. The Morgan fingerprint density at radius 3 is 2.70 bits per heavy atom. The molecule has 0 fully saturated rings. The first kappa shape index (κ1) is 18.7. The summed E-state index contributed by atoms with van der Waals surface area (Å²) in [6.07, 6.45) is 0.664. The van der Waals surface area contributed by atoms with Crippen LogP contribution in [-0.4, -0.2) is 28.5 Å². The molecule has 1 heterocycles. The van der Waals surface area contributed by atoms with E-state index in [9.17, 15) is 9.59 Å². The van der Waals surface area contributed by atoms with E-state index in [2.05, 4.69) is 25.9 Å². The normalized spacial score (nSPS) is 10.6. The number of nitrogens with one attached hydrogen (secondary N) is 4. The minimum absolute atomic E-state index is 0.180. The lowest BCUT2D eigenvalue weighted by molar-refractivity contribution is -0.114. The van der Waals surface area contributed by atoms with Gasteiger partial charge in [0.2, 0.25) is 11.9 Å². The number of hydrogen-bond acceptors (Lipinski definition) is 3. The third-order valence-corrected chi connectivity index (χ3v) is 4.38. The quantitative estimate of drug-likeness (QED) is 0.536. The molecule has 3 aromatic rings. The molecule has 0 bridgehead atoms. The van der Waals surface area contributed by atoms with Gasteiger partial charge in [0.25, 0.3) is 0 Å². The van der Waals surface area contributed by atoms with Gasteiger partial charge in [-0.05, 0) is 54.8 Å². The lowest BCUT2D eigenvalue weighted by atomic mass is 10.1. The van der Waals surface area contributed by atoms with Crippen molar-refractivity contribution in [2.75, 3.05) is 17.2 Å². The Balaban J connectivity index is 1.54. The van der Waals surface area contributed by atoms with Crippen molar-refractivity contribution in [3.05, 3.63) is 52.5 Å². The maximum atomic E-state index is 12.0. The molecule has 0 atom stereocenters. The number of imidazole rings is 1. The van der Waals surface area contributed by atoms with Gasteiger partial charge in [-0.2, -0.15) is 0 Å². The highest BCUT2D eigenvalue weighted by molar-refractivity contribution is 6.31. The number of H-pyrrole nitrogens is 1. The number of amides is 3. The summed E-state index contributed by atoms with van der Waals surface area (Å²) >= 11 is 5.98. The van der Waals surface area contributed by atoms with E-state index >= 15 is 0 Å². The van der Waals surface area contributed by atoms with Crippen molar-refractivity contribution in [2.24, 2.45) is 0 Å². The topological polar surface area (TPSA) is 98.9 Å². The number of rotatable bonds is 5. The molecule has 1 aromatic heterocycles. The van der Waals surface area contributed by atoms with Gasteiger partial charge in [0.05, 0.1) is 11.0 Å². The van der Waals surface area contributed by atoms with Crippen molar-refractivity contribution in [1.82, 2.24) is 15.3 Å². The van der Waals surface area contributed by atoms with Crippen LogP contribution in [0.5, 0.6) is 0 Å². The molecule has 0 radical (unpaired) electrons. The molecule has 27 heavy (non-hydrogen) atoms. The van der Waals surface area contributed by atoms with Crippen molar-refractivity contribution in [3.63, 3.8) is 0 Å². The van der Waals surface area contributed by atoms with E-state index in [-0.39, 0.29) is 11.9 Å². The van der Waals surface area contributed by atoms with Crippen LogP contribution in [0, 0.1) is 6.92 Å². The number of carbonyl (C=O) groups is 2. The summed E-state index contributed by atoms with van der Waals surface area (Å²) in [5, 5.41) is 8.90. The monoisotopic (exact) mass is 385 g/mol. The van der Waals surface area contributed by atoms with Gasteiger partial charge in [-0.3, -0.25) is 10.1 Å². The number of aromatic nitrogens is 2. The van der Waals surface area contributed by atoms with Gasteiger partial charge in [-0.15, -0.1) is 0 Å². The number of anilines is 2. The minimum atomic E-state index is -0.271. The number of hydrogen-bond donors (Lipinski definition) is 4. The molecule has 0 unspecified atom stereocenters. The van der Waals surface area contributed by atoms with Crippen LogP contribution in [0.2, 0.25) is 5.02 Å². The molecule has 0 saturated heterocycles. The van der Waals surface area contributed by atoms with E-state index in [0.717, 1.165) is 22.2 Å². The van der Waals surface area contributed by atoms with E-state index in [1.807, 2.05) is 31.2 Å². The Bertz CT molecular complexity index is 999. The maximum absolute atomic E-state index is 12.0. The van der Waals surface area contributed by atoms with Crippen molar-refractivity contribution < 1.29 is 9.59 Å². The fraction of sp³-hybridized carbons (Fsp3) is 0.211. The predicted molar refractivity (Wildman–Crippen MR) is 107 cm³/mol. The number of aromatic amines is 1. The smallest absolute Gasteiger partial charge is 0.319 e. The van der Waals surface area contributed by atoms with Crippen LogP contribution in [0.1, 0.15) is 18.1 Å². The van der Waals surface area contributed by atoms with Gasteiger partial charge in [-0.25, -0.2) is 9.78 Å². The third-order valence-electron chi connectivity index (χ3n) is 3.96. The summed E-state index contributed by atoms with van der Waals surface area (Å²) in [6, 6.07) is 10.8. The molecule has 8 heteroatoms. The number of aryl methyl sites for hydroxylation is 1. The summed E-state index contributed by atoms with van der Waals surface area (Å²) in [4.78, 5) is 30.5. The van der Waals surface area contributed by atoms with Crippen LogP contribution in [0.25, 0.3) is 11.0 Å². The second-order valence-corrected chi connectivity index (χ2v) is 6.62. The molecular formula is C19H20ClN5O2. The van der Waals surface area contributed by atoms with E-state index in [4.69, 9.17) is 11.6 Å². The largest absolute Gasteiger partial charge is 0.338 e. The molecule has 0 spiro atoms. The van der Waals surface area contributed by atoms with Crippen LogP contribution in [0.15, 0.2) is 36.4 Å². The van der Waals surface area contributed by atoms with Crippen LogP contribution >= 0.6 is 11.6 Å². The number of urea groups is 1. The number of fused-ring (bicyclic) bond motifs is 1. The van der Waals surface area contributed by atoms with E-state index in [0.29, 0.717) is 29.6 Å². The zero-order valence-electron chi connectivity index (χ0n) is 15.0. The highest BCUT2D eigenvalue weighted by Gasteiger charge is 2.06. The van der Waals surface area contributed by atoms with Crippen LogP contribution in [0.3, 0.4) is 0 Å². The summed E-state index contributed by atoms with van der Waals surface area (Å²) in [5.74, 6) is 0.241. The molecular weight excluding hydrogens is 366 g/mol. The fourth-order valence-electron chi connectivity index (χ4n) is 2.66. The second kappa shape index (κ2) is 8.09. The van der Waals surface area contributed by atoms with E-state index < -0.39 is 0 Å². The average Bonchev–Trinajstić information content (AvgIpc) is 2.99. The maximum Gasteiger partial charge on any atom is 0.319 e. The third kappa shape index (κ3) is 4.98. The average molecular weight is 386 g/mol. The first-order chi connectivity index (χ1) is 12.9. The van der Waals surface area contributed by atoms with Gasteiger partial charge in [0, 0.05) is 24.2 Å². The summed E-state index contributed by atoms with van der Waals surface area (Å²) in [5.41, 5.74) is 4.24. The minimum Gasteiger partial charge on any atom is -0.338 e. The summed E-state index contributed by atoms with van der Waals surface area (Å²) < 4.78 is 0. The van der Waals surface area contributed by atoms with Crippen LogP contribution in [0.4, 0.5) is 16.4 Å². The SMILES string of the molecule is CC(=O)Nc1nc2ccc(CCNC(=O)Nc3ccc(Cl)c(C)c3)cc2[nH]1. The lowest BCUT2D eigenvalue weighted by Gasteiger charge is -2.09. The Morgan fingerprint density at radius 1 is 1.15 bits per heavy atom. The molecule has 3 rings (SSSR count). The Labute approximate surface area is 161 Å². The van der Waals surface area contributed by atoms with Gasteiger partial charge >= 0.3 is 6.03 Å². The lowest BCUT2D eigenvalue weighted by Crippen LogP contribution is -2.30. The number of nitrogens with zero attached hydrogens (tertiary/aromatic N) is 1. The summed E-state index contributed by atoms with van der Waals surface area (Å²) in [6.45, 7) is 3.80. The van der Waals surface area contributed by atoms with Crippen molar-refractivity contribution >= 4 is 46.2 Å². The van der Waals surface area contributed by atoms with Crippen molar-refractivity contribution in [1.29, 1.82) is 0 Å². The zero-order valence-corrected chi connectivity index (χ0v) is 15.8. The predicted octanol–water partition coefficient (Wildman–Crippen LogP) is 3.85. The van der Waals surface area contributed by atoms with Gasteiger partial charge in [0.15, 0.2) is 0 Å². The highest BCUT2D eigenvalue weighted by atomic mass is 35.5. The molecule has 0 aliphatic heterocycles. The number of carbonyl (C=O) groups excluding carboxylic acids is 2. The standard InChI is InChI=1S/C19H20ClN5O2/c1-11-9-14(4-5-15(11)20)23-19(27)21-8-7-13-3-6-16-17(10-13)25-18(24-16)22-12(2)26/h3-6,9-10H,7-8H2,1-2H3,(H2,21,23,27)(H2,22,24,25,26). The molecule has 140 valence electrons. The second-order valence-electron chi connectivity index (χ2n) is 6.21. The van der Waals surface area contributed by atoms with Gasteiger partial charge in [-0.1, -0.05) is 17.7 Å². The van der Waals surface area contributed by atoms with Crippen molar-refractivity contribution in [3.8, 4) is 0 Å². The number of benzene rings is 2. The Morgan fingerprint density at radius 2 is 1.96 bits per heavy atom. The Kier molecular flexibility index (Phi) is 5.61. The van der Waals surface area contributed by atoms with Gasteiger partial charge < -0.3 is 15.6 Å². The van der Waals surface area contributed by atoms with E-state index in [1.165, 1.54) is 6.92 Å². The van der Waals surface area contributed by atoms with Crippen molar-refractivity contribution in [2.45, 2.75) is 20.3 Å². The first-order valence-electron chi connectivity index (χ1n) is 8.48. The van der Waals surface area contributed by atoms with Crippen LogP contribution in [-0.2, 0) is 11.2 Å². The molecule has 0 aliphatic rings. The first-order valence-corrected chi connectivity index (χ1v) is 8.86. The zero-order chi connectivity index (χ0) is 19.4. The van der Waals surface area contributed by atoms with E-state index in [1.54, 1.807) is 12.1 Å². The van der Waals surface area contributed by atoms with Crippen LogP contribution < -0.4 is 16.0 Å². The molecule has 0 aliphatic carbocycles. The highest BCUT2D eigenvalue weighted by Crippen LogP contribution is 2.19. The number of halogens is 1. The molecule has 4 N–H and O–H groups in total. The molecule has 2 aromatic carbocycles. The fourth-order valence-corrected chi connectivity index (χ4v) is 2.77. The van der Waals surface area contributed by atoms with Gasteiger partial charge in [0.1, 0.15) is 0 Å².